The fraction of sp³-hybridized carbons (Fsp3) is 0.353. The molecule has 8 aromatic rings. The molecule has 1 aliphatic carbocycles. The Kier molecular flexibility index (Phi) is 21.2. The van der Waals surface area contributed by atoms with Crippen molar-refractivity contribution < 1.29 is 58.6 Å². The minimum Gasteiger partial charge on any atom is -0.508 e. The number of ether oxygens (including phenoxy) is 4. The molecule has 0 amide bonds. The van der Waals surface area contributed by atoms with Crippen LogP contribution in [0.3, 0.4) is 0 Å². The van der Waals surface area contributed by atoms with Crippen LogP contribution in [0.4, 0.5) is 0 Å². The van der Waals surface area contributed by atoms with Crippen LogP contribution < -0.4 is 18.9 Å². The summed E-state index contributed by atoms with van der Waals surface area (Å²) >= 11 is 4.86. The Balaban J connectivity index is 1.43. The number of thiophene rings is 4. The van der Waals surface area contributed by atoms with Crippen molar-refractivity contribution in [2.75, 3.05) is 0 Å². The average molecular weight is 1210 g/mol. The standard InChI is InChI=1S/C68H72O12S4/c1-5-9-13-21-41-45-33-46(54(70)37-53(45)69)42(22-14-10-6-2)51-36-52(60(80-68(76)64-28-20-32-84-64)40-59(51)79-67(75)63-27-19-31-83-63)44(24-16-12-8-4)48-34-47(55(71)38-56(48)72)43(23-15-11-7-3)50-35-49(41)57(77-65(73)61-25-17-29-81-61)39-58(50)78-66(74)62-26-18-30-82-62/h17-20,25-44,69-72H,5-16,21-24H2,1-4H3. The Labute approximate surface area is 507 Å². The third-order valence-corrected chi connectivity index (χ3v) is 19.1. The number of phenols is 4. The molecule has 16 heteroatoms. The first-order chi connectivity index (χ1) is 40.8. The van der Waals surface area contributed by atoms with Crippen molar-refractivity contribution in [3.05, 3.63) is 183 Å². The van der Waals surface area contributed by atoms with Crippen LogP contribution in [0.1, 0.15) is 237 Å². The number of carbonyl (C=O) groups excluding carboxylic acids is 4. The van der Waals surface area contributed by atoms with Crippen molar-refractivity contribution in [1.29, 1.82) is 0 Å². The van der Waals surface area contributed by atoms with Crippen molar-refractivity contribution in [3.8, 4) is 46.0 Å². The van der Waals surface area contributed by atoms with E-state index in [2.05, 4.69) is 27.7 Å². The molecule has 4 aromatic carbocycles. The van der Waals surface area contributed by atoms with Crippen molar-refractivity contribution >= 4 is 69.2 Å². The Morgan fingerprint density at radius 1 is 0.333 bits per heavy atom. The van der Waals surface area contributed by atoms with Crippen molar-refractivity contribution in [2.24, 2.45) is 0 Å². The molecule has 1 aliphatic rings. The second-order valence-electron chi connectivity index (χ2n) is 21.5. The molecule has 4 heterocycles. The maximum Gasteiger partial charge on any atom is 0.353 e. The van der Waals surface area contributed by atoms with Gasteiger partial charge in [0, 0.05) is 92.4 Å². The number of phenolic OH excluding ortho intramolecular Hbond substituents is 4. The second kappa shape index (κ2) is 29.0. The van der Waals surface area contributed by atoms with Crippen LogP contribution in [0.5, 0.6) is 46.0 Å². The van der Waals surface area contributed by atoms with Gasteiger partial charge in [0.2, 0.25) is 0 Å². The number of rotatable bonds is 24. The summed E-state index contributed by atoms with van der Waals surface area (Å²) in [5.41, 5.74) is 3.64. The first-order valence-electron chi connectivity index (χ1n) is 29.3. The summed E-state index contributed by atoms with van der Waals surface area (Å²) in [6.07, 6.45) is 11.0. The van der Waals surface area contributed by atoms with Gasteiger partial charge in [0.25, 0.3) is 0 Å². The van der Waals surface area contributed by atoms with Gasteiger partial charge in [-0.15, -0.1) is 45.3 Å². The first-order valence-corrected chi connectivity index (χ1v) is 32.8. The lowest BCUT2D eigenvalue weighted by Crippen LogP contribution is -2.17. The Morgan fingerprint density at radius 2 is 0.560 bits per heavy atom. The van der Waals surface area contributed by atoms with E-state index in [1.165, 1.54) is 57.5 Å². The van der Waals surface area contributed by atoms with E-state index in [1.807, 2.05) is 24.3 Å². The Bertz CT molecular complexity index is 3070. The molecule has 9 rings (SSSR count). The number of carbonyl (C=O) groups is 4. The highest BCUT2D eigenvalue weighted by Gasteiger charge is 2.36. The zero-order valence-corrected chi connectivity index (χ0v) is 51.1. The van der Waals surface area contributed by atoms with Gasteiger partial charge in [-0.1, -0.05) is 129 Å². The zero-order chi connectivity index (χ0) is 59.3. The van der Waals surface area contributed by atoms with Crippen LogP contribution >= 0.6 is 45.3 Å². The van der Waals surface area contributed by atoms with Gasteiger partial charge in [-0.05, 0) is 95.7 Å². The smallest absolute Gasteiger partial charge is 0.353 e. The van der Waals surface area contributed by atoms with Crippen molar-refractivity contribution in [2.45, 2.75) is 154 Å². The summed E-state index contributed by atoms with van der Waals surface area (Å²) in [4.78, 5) is 58.8. The molecule has 0 aliphatic heterocycles. The SMILES string of the molecule is CCCCCC1c2cc(c(O)cc2O)C(CCCCC)c2cc(c(OC(=O)c3cccs3)cc2OC(=O)c2cccs2)C(CCCCC)c2cc(c(O)cc2O)C(CCCCC)c2cc1c(OC(=O)c1cccs1)cc2OC(=O)c1cccs1. The van der Waals surface area contributed by atoms with E-state index in [0.29, 0.717) is 115 Å². The number of unbranched alkanes of at least 4 members (excludes halogenated alkanes) is 8. The number of benzene rings is 4. The molecule has 0 fully saturated rings. The molecule has 440 valence electrons. The minimum absolute atomic E-state index is 0.0845. The predicted molar refractivity (Wildman–Crippen MR) is 333 cm³/mol. The van der Waals surface area contributed by atoms with E-state index in [0.717, 1.165) is 51.4 Å². The van der Waals surface area contributed by atoms with Crippen LogP contribution in [0, 0.1) is 0 Å². The summed E-state index contributed by atoms with van der Waals surface area (Å²) in [6, 6.07) is 26.9. The van der Waals surface area contributed by atoms with E-state index in [-0.39, 0.29) is 46.0 Å². The second-order valence-corrected chi connectivity index (χ2v) is 25.2. The predicted octanol–water partition coefficient (Wildman–Crippen LogP) is 18.8. The largest absolute Gasteiger partial charge is 0.508 e. The molecular weight excluding hydrogens is 1140 g/mol. The third-order valence-electron chi connectivity index (χ3n) is 15.7. The molecule has 0 saturated heterocycles. The van der Waals surface area contributed by atoms with Gasteiger partial charge in [-0.3, -0.25) is 0 Å². The van der Waals surface area contributed by atoms with E-state index < -0.39 is 47.5 Å². The van der Waals surface area contributed by atoms with Crippen molar-refractivity contribution in [1.82, 2.24) is 0 Å². The van der Waals surface area contributed by atoms with Crippen molar-refractivity contribution in [3.63, 3.8) is 0 Å². The fourth-order valence-corrected chi connectivity index (χ4v) is 13.9. The van der Waals surface area contributed by atoms with Crippen LogP contribution in [-0.2, 0) is 0 Å². The molecule has 12 nitrogen and oxygen atoms in total. The summed E-state index contributed by atoms with van der Waals surface area (Å²) in [5.74, 6) is -6.03. The van der Waals surface area contributed by atoms with Crippen LogP contribution in [0.25, 0.3) is 0 Å². The zero-order valence-electron chi connectivity index (χ0n) is 47.9. The van der Waals surface area contributed by atoms with Gasteiger partial charge < -0.3 is 39.4 Å². The maximum atomic E-state index is 14.4. The molecular formula is C68H72O12S4. The summed E-state index contributed by atoms with van der Waals surface area (Å²) < 4.78 is 25.9. The highest BCUT2D eigenvalue weighted by Crippen LogP contribution is 2.54. The first kappa shape index (κ1) is 61.3. The monoisotopic (exact) mass is 1210 g/mol. The summed E-state index contributed by atoms with van der Waals surface area (Å²) in [7, 11) is 0. The summed E-state index contributed by atoms with van der Waals surface area (Å²) in [5, 5.41) is 57.1. The van der Waals surface area contributed by atoms with Gasteiger partial charge in [0.1, 0.15) is 65.5 Å². The van der Waals surface area contributed by atoms with E-state index in [1.54, 1.807) is 82.2 Å². The van der Waals surface area contributed by atoms with Gasteiger partial charge in [0.15, 0.2) is 0 Å². The molecule has 4 unspecified atom stereocenters. The number of fused-ring (bicyclic) bond motifs is 8. The molecule has 0 spiro atoms. The number of aromatic hydroxyl groups is 4. The normalized spacial score (nSPS) is 15.6. The highest BCUT2D eigenvalue weighted by atomic mass is 32.1. The Morgan fingerprint density at radius 3 is 0.762 bits per heavy atom. The molecule has 4 N–H and O–H groups in total. The topological polar surface area (TPSA) is 186 Å². The van der Waals surface area contributed by atoms with E-state index in [9.17, 15) is 39.6 Å². The molecule has 4 aromatic heterocycles. The fourth-order valence-electron chi connectivity index (χ4n) is 11.5. The number of hydrogen-bond acceptors (Lipinski definition) is 16. The highest BCUT2D eigenvalue weighted by molar-refractivity contribution is 7.12. The van der Waals surface area contributed by atoms with E-state index in [4.69, 9.17) is 18.9 Å². The van der Waals surface area contributed by atoms with Gasteiger partial charge in [-0.2, -0.15) is 0 Å². The molecule has 8 bridgehead atoms. The van der Waals surface area contributed by atoms with Gasteiger partial charge in [0.05, 0.1) is 0 Å². The molecule has 84 heavy (non-hydrogen) atoms. The van der Waals surface area contributed by atoms with Gasteiger partial charge >= 0.3 is 23.9 Å². The molecule has 0 saturated carbocycles. The lowest BCUT2D eigenvalue weighted by molar-refractivity contribution is 0.0716. The number of hydrogen-bond donors (Lipinski definition) is 4. The van der Waals surface area contributed by atoms with Gasteiger partial charge in [-0.25, -0.2) is 19.2 Å². The molecule has 0 radical (unpaired) electrons. The maximum absolute atomic E-state index is 14.4. The average Bonchev–Trinajstić information content (AvgIpc) is 1.51. The van der Waals surface area contributed by atoms with Crippen LogP contribution in [0.15, 0.2) is 119 Å². The molecule has 4 atom stereocenters. The third kappa shape index (κ3) is 14.3. The van der Waals surface area contributed by atoms with E-state index >= 15 is 0 Å². The minimum atomic E-state index is -0.735. The van der Waals surface area contributed by atoms with Crippen LogP contribution in [-0.4, -0.2) is 44.3 Å². The van der Waals surface area contributed by atoms with Crippen LogP contribution in [0.2, 0.25) is 0 Å². The quantitative estimate of drug-likeness (QED) is 0.0255. The lowest BCUT2D eigenvalue weighted by Gasteiger charge is -2.30. The lowest BCUT2D eigenvalue weighted by atomic mass is 9.76. The number of esters is 4. The summed E-state index contributed by atoms with van der Waals surface area (Å²) in [6.45, 7) is 8.38. The Hall–Kier alpha value is -7.24.